The summed E-state index contributed by atoms with van der Waals surface area (Å²) < 4.78 is 0. The summed E-state index contributed by atoms with van der Waals surface area (Å²) in [6.07, 6.45) is 13.3. The number of Topliss-reactive ketones (excluding diaryl/α,β-unsaturated/α-hetero) is 1. The van der Waals surface area contributed by atoms with Gasteiger partial charge in [0.15, 0.2) is 11.6 Å². The zero-order valence-electron chi connectivity index (χ0n) is 16.2. The lowest BCUT2D eigenvalue weighted by Crippen LogP contribution is -2.52. The lowest BCUT2D eigenvalue weighted by molar-refractivity contribution is -0.129. The van der Waals surface area contributed by atoms with E-state index in [9.17, 15) is 9.59 Å². The standard InChI is InChI=1S/C24H27NO2/c1-23-10-8-20-17(13-22(27)21-12-16(26)7-9-24(20,21)2)19(23)6-5-18(23)15-4-3-11-25-14-15/h3-5,11-12,14,17,19-20H,6-10,13H2,1-2H3/t17-,19-,20-,23+,24+/m0/s1. The predicted molar refractivity (Wildman–Crippen MR) is 105 cm³/mol. The highest BCUT2D eigenvalue weighted by molar-refractivity contribution is 6.05. The molecular weight excluding hydrogens is 334 g/mol. The number of hydrogen-bond donors (Lipinski definition) is 0. The molecule has 1 heterocycles. The molecule has 0 amide bonds. The average Bonchev–Trinajstić information content (AvgIpc) is 3.01. The third-order valence-corrected chi connectivity index (χ3v) is 8.34. The van der Waals surface area contributed by atoms with Crippen LogP contribution in [0, 0.1) is 28.6 Å². The number of rotatable bonds is 1. The number of aromatic nitrogens is 1. The van der Waals surface area contributed by atoms with Gasteiger partial charge in [-0.25, -0.2) is 0 Å². The van der Waals surface area contributed by atoms with Gasteiger partial charge in [-0.1, -0.05) is 26.0 Å². The minimum absolute atomic E-state index is 0.105. The number of pyridine rings is 1. The largest absolute Gasteiger partial charge is 0.295 e. The second-order valence-corrected chi connectivity index (χ2v) is 9.50. The van der Waals surface area contributed by atoms with Crippen LogP contribution in [0.4, 0.5) is 0 Å². The summed E-state index contributed by atoms with van der Waals surface area (Å²) in [6.45, 7) is 4.66. The van der Waals surface area contributed by atoms with Crippen LogP contribution >= 0.6 is 0 Å². The number of carbonyl (C=O) groups is 2. The van der Waals surface area contributed by atoms with Crippen LogP contribution in [0.2, 0.25) is 0 Å². The van der Waals surface area contributed by atoms with Crippen molar-refractivity contribution in [3.8, 4) is 0 Å². The molecule has 5 rings (SSSR count). The van der Waals surface area contributed by atoms with Crippen LogP contribution in [0.3, 0.4) is 0 Å². The second kappa shape index (κ2) is 5.73. The summed E-state index contributed by atoms with van der Waals surface area (Å²) in [5, 5.41) is 0. The molecule has 3 heteroatoms. The van der Waals surface area contributed by atoms with E-state index in [-0.39, 0.29) is 22.4 Å². The number of nitrogens with zero attached hydrogens (tertiary/aromatic N) is 1. The number of fused-ring (bicyclic) bond motifs is 5. The number of allylic oxidation sites excluding steroid dienone is 4. The highest BCUT2D eigenvalue weighted by Crippen LogP contribution is 2.66. The van der Waals surface area contributed by atoms with Crippen molar-refractivity contribution in [2.75, 3.05) is 0 Å². The van der Waals surface area contributed by atoms with Crippen LogP contribution in [0.15, 0.2) is 42.3 Å². The fraction of sp³-hybridized carbons (Fsp3) is 0.542. The molecule has 140 valence electrons. The SMILES string of the molecule is C[C@]12CCC(=O)C=C1C(=O)C[C@@H]1[C@@H]2CC[C@]2(C)C(c3cccnc3)=CC[C@@H]12. The Bertz CT molecular complexity index is 883. The Kier molecular flexibility index (Phi) is 3.63. The number of hydrogen-bond acceptors (Lipinski definition) is 3. The zero-order valence-corrected chi connectivity index (χ0v) is 16.2. The number of ketones is 2. The highest BCUT2D eigenvalue weighted by Gasteiger charge is 2.59. The average molecular weight is 361 g/mol. The molecule has 0 saturated heterocycles. The van der Waals surface area contributed by atoms with Gasteiger partial charge in [-0.15, -0.1) is 0 Å². The van der Waals surface area contributed by atoms with Crippen molar-refractivity contribution in [2.24, 2.45) is 28.6 Å². The lowest BCUT2D eigenvalue weighted by atomic mass is 9.46. The van der Waals surface area contributed by atoms with E-state index in [0.717, 1.165) is 31.3 Å². The summed E-state index contributed by atoms with van der Waals surface area (Å²) in [5.74, 6) is 1.83. The molecular formula is C24H27NO2. The Morgan fingerprint density at radius 1 is 1.07 bits per heavy atom. The van der Waals surface area contributed by atoms with Crippen LogP contribution in [0.1, 0.15) is 57.9 Å². The Hall–Kier alpha value is -2.03. The molecule has 5 atom stereocenters. The Morgan fingerprint density at radius 3 is 2.67 bits per heavy atom. The van der Waals surface area contributed by atoms with E-state index in [1.807, 2.05) is 18.5 Å². The molecule has 4 aliphatic carbocycles. The quantitative estimate of drug-likeness (QED) is 0.723. The van der Waals surface area contributed by atoms with Crippen LogP contribution < -0.4 is 0 Å². The van der Waals surface area contributed by atoms with Gasteiger partial charge in [0.2, 0.25) is 0 Å². The first-order valence-corrected chi connectivity index (χ1v) is 10.3. The molecule has 27 heavy (non-hydrogen) atoms. The van der Waals surface area contributed by atoms with Gasteiger partial charge >= 0.3 is 0 Å². The smallest absolute Gasteiger partial charge is 0.159 e. The van der Waals surface area contributed by atoms with Gasteiger partial charge < -0.3 is 0 Å². The van der Waals surface area contributed by atoms with Crippen molar-refractivity contribution in [1.29, 1.82) is 0 Å². The molecule has 0 aliphatic heterocycles. The first-order valence-electron chi connectivity index (χ1n) is 10.3. The molecule has 2 fully saturated rings. The molecule has 3 nitrogen and oxygen atoms in total. The molecule has 1 aromatic heterocycles. The van der Waals surface area contributed by atoms with E-state index in [1.54, 1.807) is 6.08 Å². The van der Waals surface area contributed by atoms with Crippen LogP contribution in [0.5, 0.6) is 0 Å². The molecule has 0 N–H and O–H groups in total. The van der Waals surface area contributed by atoms with Gasteiger partial charge in [0.05, 0.1) is 0 Å². The summed E-state index contributed by atoms with van der Waals surface area (Å²) in [4.78, 5) is 29.3. The summed E-state index contributed by atoms with van der Waals surface area (Å²) >= 11 is 0. The number of carbonyl (C=O) groups excluding carboxylic acids is 2. The summed E-state index contributed by atoms with van der Waals surface area (Å²) in [6, 6.07) is 4.18. The fourth-order valence-electron chi connectivity index (χ4n) is 6.92. The molecule has 4 aliphatic rings. The van der Waals surface area contributed by atoms with Gasteiger partial charge in [-0.2, -0.15) is 0 Å². The normalized spacial score (nSPS) is 40.6. The van der Waals surface area contributed by atoms with Crippen molar-refractivity contribution in [3.05, 3.63) is 47.8 Å². The molecule has 0 unspecified atom stereocenters. The van der Waals surface area contributed by atoms with Crippen LogP contribution in [-0.2, 0) is 9.59 Å². The Labute approximate surface area is 161 Å². The molecule has 0 bridgehead atoms. The molecule has 0 spiro atoms. The van der Waals surface area contributed by atoms with E-state index in [4.69, 9.17) is 0 Å². The lowest BCUT2D eigenvalue weighted by Gasteiger charge is -2.57. The van der Waals surface area contributed by atoms with E-state index < -0.39 is 0 Å². The molecule has 2 saturated carbocycles. The monoisotopic (exact) mass is 361 g/mol. The first-order chi connectivity index (χ1) is 12.9. The molecule has 1 aromatic rings. The van der Waals surface area contributed by atoms with Gasteiger partial charge in [0.1, 0.15) is 0 Å². The van der Waals surface area contributed by atoms with Crippen LogP contribution in [-0.4, -0.2) is 16.6 Å². The Balaban J connectivity index is 1.52. The van der Waals surface area contributed by atoms with Gasteiger partial charge in [0.25, 0.3) is 0 Å². The van der Waals surface area contributed by atoms with Gasteiger partial charge in [0, 0.05) is 30.8 Å². The first kappa shape index (κ1) is 17.1. The highest BCUT2D eigenvalue weighted by atomic mass is 16.1. The fourth-order valence-corrected chi connectivity index (χ4v) is 6.92. The maximum absolute atomic E-state index is 13.0. The van der Waals surface area contributed by atoms with Crippen LogP contribution in [0.25, 0.3) is 5.57 Å². The van der Waals surface area contributed by atoms with Crippen molar-refractivity contribution in [2.45, 2.75) is 52.4 Å². The molecule has 0 radical (unpaired) electrons. The maximum atomic E-state index is 13.0. The Morgan fingerprint density at radius 2 is 1.89 bits per heavy atom. The summed E-state index contributed by atoms with van der Waals surface area (Å²) in [7, 11) is 0. The van der Waals surface area contributed by atoms with E-state index in [0.29, 0.717) is 30.6 Å². The minimum atomic E-state index is -0.105. The topological polar surface area (TPSA) is 47.0 Å². The zero-order chi connectivity index (χ0) is 18.8. The second-order valence-electron chi connectivity index (χ2n) is 9.50. The molecule has 0 aromatic carbocycles. The third-order valence-electron chi connectivity index (χ3n) is 8.34. The third kappa shape index (κ3) is 2.30. The van der Waals surface area contributed by atoms with Gasteiger partial charge in [-0.3, -0.25) is 14.6 Å². The predicted octanol–water partition coefficient (Wildman–Crippen LogP) is 4.79. The van der Waals surface area contributed by atoms with E-state index >= 15 is 0 Å². The van der Waals surface area contributed by atoms with Gasteiger partial charge in [-0.05, 0) is 77.5 Å². The maximum Gasteiger partial charge on any atom is 0.159 e. The van der Waals surface area contributed by atoms with Crippen molar-refractivity contribution >= 4 is 17.1 Å². The van der Waals surface area contributed by atoms with E-state index in [2.05, 4.69) is 31.0 Å². The van der Waals surface area contributed by atoms with Crippen molar-refractivity contribution < 1.29 is 9.59 Å². The summed E-state index contributed by atoms with van der Waals surface area (Å²) in [5.41, 5.74) is 3.52. The minimum Gasteiger partial charge on any atom is -0.295 e. The van der Waals surface area contributed by atoms with E-state index in [1.165, 1.54) is 11.1 Å². The van der Waals surface area contributed by atoms with Crippen molar-refractivity contribution in [1.82, 2.24) is 4.98 Å². The van der Waals surface area contributed by atoms with Crippen molar-refractivity contribution in [3.63, 3.8) is 0 Å².